The van der Waals surface area contributed by atoms with Gasteiger partial charge in [0.25, 0.3) is 15.9 Å². The Balaban J connectivity index is 1.47. The van der Waals surface area contributed by atoms with Gasteiger partial charge >= 0.3 is 0 Å². The Labute approximate surface area is 202 Å². The van der Waals surface area contributed by atoms with E-state index in [9.17, 15) is 13.2 Å². The first-order chi connectivity index (χ1) is 16.3. The Hall–Kier alpha value is -3.69. The molecule has 0 radical (unpaired) electrons. The molecule has 0 aliphatic carbocycles. The number of ether oxygens (including phenoxy) is 1. The van der Waals surface area contributed by atoms with E-state index in [-0.39, 0.29) is 10.8 Å². The fraction of sp³-hybridized carbons (Fsp3) is 0.120. The van der Waals surface area contributed by atoms with Crippen LogP contribution >= 0.6 is 11.3 Å². The van der Waals surface area contributed by atoms with Crippen molar-refractivity contribution < 1.29 is 17.9 Å². The lowest BCUT2D eigenvalue weighted by atomic mass is 10.2. The number of nitrogens with one attached hydrogen (secondary N) is 1. The molecule has 0 spiro atoms. The van der Waals surface area contributed by atoms with Crippen molar-refractivity contribution in [3.63, 3.8) is 0 Å². The maximum Gasteiger partial charge on any atom is 0.264 e. The van der Waals surface area contributed by atoms with Gasteiger partial charge in [-0.05, 0) is 55.5 Å². The first-order valence-corrected chi connectivity index (χ1v) is 12.7. The van der Waals surface area contributed by atoms with Crippen molar-refractivity contribution in [2.45, 2.75) is 18.4 Å². The van der Waals surface area contributed by atoms with Crippen LogP contribution in [0.1, 0.15) is 21.1 Å². The second kappa shape index (κ2) is 10.1. The number of nitrogens with zero attached hydrogens (tertiary/aromatic N) is 2. The van der Waals surface area contributed by atoms with Crippen molar-refractivity contribution in [1.82, 2.24) is 4.98 Å². The van der Waals surface area contributed by atoms with Gasteiger partial charge in [0, 0.05) is 23.7 Å². The molecule has 9 heteroatoms. The highest BCUT2D eigenvalue weighted by Gasteiger charge is 2.21. The third kappa shape index (κ3) is 5.44. The molecule has 0 aliphatic rings. The molecular formula is C25H23N3O4S2. The molecule has 7 nitrogen and oxygen atoms in total. The zero-order valence-electron chi connectivity index (χ0n) is 18.6. The monoisotopic (exact) mass is 493 g/mol. The van der Waals surface area contributed by atoms with Gasteiger partial charge in [-0.15, -0.1) is 11.3 Å². The molecule has 0 fully saturated rings. The Kier molecular flexibility index (Phi) is 6.95. The van der Waals surface area contributed by atoms with E-state index in [2.05, 4.69) is 10.3 Å². The molecule has 34 heavy (non-hydrogen) atoms. The lowest BCUT2D eigenvalue weighted by Gasteiger charge is -2.20. The van der Waals surface area contributed by atoms with E-state index < -0.39 is 10.0 Å². The van der Waals surface area contributed by atoms with Crippen LogP contribution < -0.4 is 14.4 Å². The van der Waals surface area contributed by atoms with Crippen LogP contribution in [0, 0.1) is 6.92 Å². The summed E-state index contributed by atoms with van der Waals surface area (Å²) in [4.78, 5) is 17.3. The number of amides is 1. The van der Waals surface area contributed by atoms with Crippen LogP contribution in [0.15, 0.2) is 89.1 Å². The van der Waals surface area contributed by atoms with Crippen molar-refractivity contribution >= 4 is 38.6 Å². The van der Waals surface area contributed by atoms with E-state index in [1.165, 1.54) is 23.5 Å². The number of hydrogen-bond donors (Lipinski definition) is 1. The summed E-state index contributed by atoms with van der Waals surface area (Å²) >= 11 is 1.55. The van der Waals surface area contributed by atoms with Gasteiger partial charge in [0.05, 0.1) is 21.3 Å². The molecule has 3 aromatic carbocycles. The predicted octanol–water partition coefficient (Wildman–Crippen LogP) is 5.11. The summed E-state index contributed by atoms with van der Waals surface area (Å²) in [6.07, 6.45) is 0. The highest BCUT2D eigenvalue weighted by atomic mass is 32.2. The largest absolute Gasteiger partial charge is 0.487 e. The van der Waals surface area contributed by atoms with E-state index in [1.54, 1.807) is 72.0 Å². The van der Waals surface area contributed by atoms with Crippen LogP contribution in [0.5, 0.6) is 5.75 Å². The van der Waals surface area contributed by atoms with Crippen molar-refractivity contribution in [1.29, 1.82) is 0 Å². The fourth-order valence-corrected chi connectivity index (χ4v) is 5.07. The van der Waals surface area contributed by atoms with Gasteiger partial charge in [-0.25, -0.2) is 13.4 Å². The lowest BCUT2D eigenvalue weighted by molar-refractivity contribution is 0.102. The topological polar surface area (TPSA) is 88.6 Å². The average molecular weight is 494 g/mol. The minimum absolute atomic E-state index is 0.0762. The van der Waals surface area contributed by atoms with Gasteiger partial charge in [0.15, 0.2) is 0 Å². The predicted molar refractivity (Wildman–Crippen MR) is 134 cm³/mol. The molecule has 0 saturated heterocycles. The Bertz CT molecular complexity index is 1400. The average Bonchev–Trinajstić information content (AvgIpc) is 3.28. The highest BCUT2D eigenvalue weighted by molar-refractivity contribution is 7.92. The molecule has 4 aromatic rings. The molecule has 1 N–H and O–H groups in total. The summed E-state index contributed by atoms with van der Waals surface area (Å²) in [5.41, 5.74) is 2.14. The van der Waals surface area contributed by atoms with Crippen LogP contribution in [-0.2, 0) is 16.6 Å². The molecule has 174 valence electrons. The number of hydrogen-bond acceptors (Lipinski definition) is 6. The number of anilines is 2. The summed E-state index contributed by atoms with van der Waals surface area (Å²) in [5, 5.41) is 5.66. The van der Waals surface area contributed by atoms with Crippen LogP contribution in [0.3, 0.4) is 0 Å². The fourth-order valence-electron chi connectivity index (χ4n) is 3.23. The van der Waals surface area contributed by atoms with Gasteiger partial charge in [-0.2, -0.15) is 0 Å². The third-order valence-corrected chi connectivity index (χ3v) is 7.62. The summed E-state index contributed by atoms with van der Waals surface area (Å²) in [5.74, 6) is 0.167. The molecule has 1 amide bonds. The standard InChI is InChI=1S/C25H23N3O4S2/c1-18-26-21(17-33-18)16-32-23-12-6-8-19(14-23)25(29)27-20-9-7-13-24(15-20)34(30,31)28(2)22-10-4-3-5-11-22/h3-15,17H,16H2,1-2H3,(H,27,29). The van der Waals surface area contributed by atoms with E-state index >= 15 is 0 Å². The highest BCUT2D eigenvalue weighted by Crippen LogP contribution is 2.24. The molecule has 1 aromatic heterocycles. The summed E-state index contributed by atoms with van der Waals surface area (Å²) in [7, 11) is -2.30. The zero-order chi connectivity index (χ0) is 24.1. The van der Waals surface area contributed by atoms with Crippen LogP contribution in [0.4, 0.5) is 11.4 Å². The van der Waals surface area contributed by atoms with E-state index in [4.69, 9.17) is 4.74 Å². The van der Waals surface area contributed by atoms with E-state index in [1.807, 2.05) is 18.4 Å². The molecule has 1 heterocycles. The number of benzene rings is 3. The van der Waals surface area contributed by atoms with Crippen molar-refractivity contribution in [3.05, 3.63) is 101 Å². The van der Waals surface area contributed by atoms with Crippen molar-refractivity contribution in [2.24, 2.45) is 0 Å². The van der Waals surface area contributed by atoms with Gasteiger partial charge < -0.3 is 10.1 Å². The number of sulfonamides is 1. The zero-order valence-corrected chi connectivity index (χ0v) is 20.3. The quantitative estimate of drug-likeness (QED) is 0.369. The normalized spacial score (nSPS) is 11.1. The van der Waals surface area contributed by atoms with Gasteiger partial charge in [0.1, 0.15) is 12.4 Å². The number of para-hydroxylation sites is 1. The summed E-state index contributed by atoms with van der Waals surface area (Å²) in [6.45, 7) is 2.24. The van der Waals surface area contributed by atoms with E-state index in [0.717, 1.165) is 10.7 Å². The molecule has 0 saturated carbocycles. The number of rotatable bonds is 8. The molecule has 0 unspecified atom stereocenters. The summed E-state index contributed by atoms with van der Waals surface area (Å²) < 4.78 is 33.1. The molecule has 0 aliphatic heterocycles. The SMILES string of the molecule is Cc1nc(COc2cccc(C(=O)Nc3cccc(S(=O)(=O)N(C)c4ccccc4)c3)c2)cs1. The lowest BCUT2D eigenvalue weighted by Crippen LogP contribution is -2.26. The second-order valence-corrected chi connectivity index (χ2v) is 10.5. The number of thiazole rings is 1. The third-order valence-electron chi connectivity index (χ3n) is 5.02. The second-order valence-electron chi connectivity index (χ2n) is 7.46. The van der Waals surface area contributed by atoms with Gasteiger partial charge in [-0.1, -0.05) is 30.3 Å². The minimum atomic E-state index is -3.80. The number of aromatic nitrogens is 1. The van der Waals surface area contributed by atoms with E-state index in [0.29, 0.717) is 29.3 Å². The van der Waals surface area contributed by atoms with Crippen molar-refractivity contribution in [3.8, 4) is 5.75 Å². The van der Waals surface area contributed by atoms with Crippen LogP contribution in [0.2, 0.25) is 0 Å². The number of carbonyl (C=O) groups excluding carboxylic acids is 1. The molecule has 0 bridgehead atoms. The Morgan fingerprint density at radius 1 is 1.03 bits per heavy atom. The molecular weight excluding hydrogens is 470 g/mol. The van der Waals surface area contributed by atoms with Gasteiger partial charge in [-0.3, -0.25) is 9.10 Å². The number of aryl methyl sites for hydroxylation is 1. The molecule has 4 rings (SSSR count). The maximum absolute atomic E-state index is 13.1. The van der Waals surface area contributed by atoms with Crippen molar-refractivity contribution in [2.75, 3.05) is 16.7 Å². The Morgan fingerprint density at radius 2 is 1.79 bits per heavy atom. The smallest absolute Gasteiger partial charge is 0.264 e. The van der Waals surface area contributed by atoms with Crippen LogP contribution in [0.25, 0.3) is 0 Å². The first-order valence-electron chi connectivity index (χ1n) is 10.4. The van der Waals surface area contributed by atoms with Gasteiger partial charge in [0.2, 0.25) is 0 Å². The summed E-state index contributed by atoms with van der Waals surface area (Å²) in [6, 6.07) is 21.8. The molecule has 0 atom stereocenters. The number of carbonyl (C=O) groups is 1. The minimum Gasteiger partial charge on any atom is -0.487 e. The first kappa shape index (κ1) is 23.5. The van der Waals surface area contributed by atoms with Crippen LogP contribution in [-0.4, -0.2) is 26.4 Å². The Morgan fingerprint density at radius 3 is 2.53 bits per heavy atom. The maximum atomic E-state index is 13.1.